The summed E-state index contributed by atoms with van der Waals surface area (Å²) >= 11 is 11.9. The Labute approximate surface area is 183 Å². The van der Waals surface area contributed by atoms with Gasteiger partial charge in [0.15, 0.2) is 0 Å². The number of phenolic OH excluding ortho intramolecular Hbond substituents is 1. The number of aromatic hydroxyl groups is 1. The van der Waals surface area contributed by atoms with Crippen LogP contribution in [0.5, 0.6) is 5.75 Å². The number of carbonyl (C=O) groups excluding carboxylic acids is 3. The third-order valence-corrected chi connectivity index (χ3v) is 6.13. The van der Waals surface area contributed by atoms with Crippen molar-refractivity contribution in [2.75, 3.05) is 6.54 Å². The molecular formula is C21H19Cl2N3O4. The van der Waals surface area contributed by atoms with Gasteiger partial charge in [-0.05, 0) is 42.3 Å². The van der Waals surface area contributed by atoms with Crippen molar-refractivity contribution in [2.24, 2.45) is 0 Å². The van der Waals surface area contributed by atoms with Gasteiger partial charge in [-0.2, -0.15) is 0 Å². The van der Waals surface area contributed by atoms with Gasteiger partial charge in [0.2, 0.25) is 11.8 Å². The fraction of sp³-hybridized carbons (Fsp3) is 0.286. The van der Waals surface area contributed by atoms with Crippen LogP contribution in [0.3, 0.4) is 0 Å². The molecule has 3 N–H and O–H groups in total. The van der Waals surface area contributed by atoms with Gasteiger partial charge in [-0.15, -0.1) is 0 Å². The molecule has 2 aliphatic rings. The number of fused-ring (bicyclic) bond motifs is 1. The quantitative estimate of drug-likeness (QED) is 0.668. The molecule has 0 saturated carbocycles. The van der Waals surface area contributed by atoms with Crippen molar-refractivity contribution in [1.29, 1.82) is 0 Å². The third kappa shape index (κ3) is 4.08. The summed E-state index contributed by atoms with van der Waals surface area (Å²) in [6.45, 7) is 0.260. The highest BCUT2D eigenvalue weighted by molar-refractivity contribution is 6.42. The van der Waals surface area contributed by atoms with Crippen LogP contribution in [-0.2, 0) is 16.0 Å². The first-order chi connectivity index (χ1) is 14.3. The summed E-state index contributed by atoms with van der Waals surface area (Å²) in [6.07, 6.45) is 0.672. The lowest BCUT2D eigenvalue weighted by atomic mass is 10.0. The maximum atomic E-state index is 12.9. The number of carbonyl (C=O) groups is 3. The average molecular weight is 448 g/mol. The van der Waals surface area contributed by atoms with Crippen molar-refractivity contribution in [1.82, 2.24) is 15.5 Å². The molecule has 2 heterocycles. The predicted molar refractivity (Wildman–Crippen MR) is 112 cm³/mol. The zero-order valence-corrected chi connectivity index (χ0v) is 17.3. The highest BCUT2D eigenvalue weighted by atomic mass is 35.5. The number of benzene rings is 2. The monoisotopic (exact) mass is 447 g/mol. The minimum absolute atomic E-state index is 0.137. The maximum Gasteiger partial charge on any atom is 0.251 e. The van der Waals surface area contributed by atoms with Crippen LogP contribution >= 0.6 is 23.2 Å². The molecule has 2 aromatic carbocycles. The summed E-state index contributed by atoms with van der Waals surface area (Å²) < 4.78 is 0. The standard InChI is InChI=1S/C21H19Cl2N3O4/c22-15-6-3-12(8-16(15)23)19(28)24-13-9-18-20(29)25-17(21(30)26(18)10-13)7-11-1-4-14(27)5-2-11/h1-6,8,13,17-18,27H,7,9-10H2,(H,24,28)(H,25,29)/t13-,17+,18-/m0/s1. The Kier molecular flexibility index (Phi) is 5.58. The summed E-state index contributed by atoms with van der Waals surface area (Å²) in [5.41, 5.74) is 1.18. The van der Waals surface area contributed by atoms with Crippen LogP contribution < -0.4 is 10.6 Å². The SMILES string of the molecule is O=C(N[C@H]1C[C@H]2C(=O)N[C@H](Cc3ccc(O)cc3)C(=O)N2C1)c1ccc(Cl)c(Cl)c1. The molecule has 3 amide bonds. The number of amides is 3. The van der Waals surface area contributed by atoms with E-state index in [1.165, 1.54) is 23.1 Å². The molecule has 2 aliphatic heterocycles. The molecule has 156 valence electrons. The van der Waals surface area contributed by atoms with E-state index in [1.807, 2.05) is 0 Å². The molecule has 0 aliphatic carbocycles. The summed E-state index contributed by atoms with van der Waals surface area (Å²) in [4.78, 5) is 39.6. The molecule has 0 unspecified atom stereocenters. The van der Waals surface area contributed by atoms with Crippen LogP contribution in [0.2, 0.25) is 10.0 Å². The molecule has 0 bridgehead atoms. The van der Waals surface area contributed by atoms with Gasteiger partial charge < -0.3 is 20.6 Å². The molecule has 4 rings (SSSR count). The van der Waals surface area contributed by atoms with E-state index < -0.39 is 12.1 Å². The topological polar surface area (TPSA) is 98.7 Å². The van der Waals surface area contributed by atoms with Crippen LogP contribution in [0.25, 0.3) is 0 Å². The molecule has 2 aromatic rings. The molecular weight excluding hydrogens is 429 g/mol. The summed E-state index contributed by atoms with van der Waals surface area (Å²) in [5, 5.41) is 15.7. The number of halogens is 2. The van der Waals surface area contributed by atoms with Crippen LogP contribution in [0.15, 0.2) is 42.5 Å². The lowest BCUT2D eigenvalue weighted by molar-refractivity contribution is -0.147. The van der Waals surface area contributed by atoms with Gasteiger partial charge >= 0.3 is 0 Å². The van der Waals surface area contributed by atoms with E-state index in [0.29, 0.717) is 23.4 Å². The van der Waals surface area contributed by atoms with Gasteiger partial charge in [-0.1, -0.05) is 35.3 Å². The van der Waals surface area contributed by atoms with Gasteiger partial charge in [0, 0.05) is 24.6 Å². The van der Waals surface area contributed by atoms with Gasteiger partial charge in [0.05, 0.1) is 10.0 Å². The zero-order valence-electron chi connectivity index (χ0n) is 15.8. The lowest BCUT2D eigenvalue weighted by Gasteiger charge is -2.34. The number of hydrogen-bond acceptors (Lipinski definition) is 4. The number of phenols is 1. The van der Waals surface area contributed by atoms with E-state index >= 15 is 0 Å². The zero-order chi connectivity index (χ0) is 21.4. The fourth-order valence-corrected chi connectivity index (χ4v) is 4.17. The molecule has 9 heteroatoms. The Morgan fingerprint density at radius 2 is 1.87 bits per heavy atom. The van der Waals surface area contributed by atoms with Gasteiger partial charge in [0.25, 0.3) is 5.91 Å². The molecule has 0 aromatic heterocycles. The van der Waals surface area contributed by atoms with Crippen molar-refractivity contribution in [3.63, 3.8) is 0 Å². The second-order valence-electron chi connectivity index (χ2n) is 7.47. The Morgan fingerprint density at radius 1 is 1.13 bits per heavy atom. The average Bonchev–Trinajstić information content (AvgIpc) is 3.14. The van der Waals surface area contributed by atoms with Crippen LogP contribution in [0, 0.1) is 0 Å². The fourth-order valence-electron chi connectivity index (χ4n) is 3.87. The van der Waals surface area contributed by atoms with Crippen LogP contribution in [-0.4, -0.2) is 52.4 Å². The van der Waals surface area contributed by atoms with Crippen molar-refractivity contribution in [3.8, 4) is 5.75 Å². The molecule has 0 spiro atoms. The summed E-state index contributed by atoms with van der Waals surface area (Å²) in [5.74, 6) is -0.617. The Hall–Kier alpha value is -2.77. The first-order valence-electron chi connectivity index (χ1n) is 9.46. The molecule has 0 radical (unpaired) electrons. The minimum atomic E-state index is -0.678. The van der Waals surface area contributed by atoms with Gasteiger partial charge in [-0.25, -0.2) is 0 Å². The van der Waals surface area contributed by atoms with Crippen LogP contribution in [0.4, 0.5) is 0 Å². The van der Waals surface area contributed by atoms with E-state index in [4.69, 9.17) is 23.2 Å². The molecule has 3 atom stereocenters. The first-order valence-corrected chi connectivity index (χ1v) is 10.2. The second-order valence-corrected chi connectivity index (χ2v) is 8.29. The Balaban J connectivity index is 1.42. The van der Waals surface area contributed by atoms with Crippen molar-refractivity contribution < 1.29 is 19.5 Å². The van der Waals surface area contributed by atoms with E-state index in [2.05, 4.69) is 10.6 Å². The Bertz CT molecular complexity index is 1010. The molecule has 7 nitrogen and oxygen atoms in total. The number of hydrogen-bond donors (Lipinski definition) is 3. The summed E-state index contributed by atoms with van der Waals surface area (Å²) in [7, 11) is 0. The number of rotatable bonds is 4. The van der Waals surface area contributed by atoms with Crippen molar-refractivity contribution in [3.05, 3.63) is 63.6 Å². The Morgan fingerprint density at radius 3 is 2.57 bits per heavy atom. The summed E-state index contributed by atoms with van der Waals surface area (Å²) in [6, 6.07) is 9.46. The molecule has 2 fully saturated rings. The molecule has 2 saturated heterocycles. The number of nitrogens with one attached hydrogen (secondary N) is 2. The number of piperazine rings is 1. The minimum Gasteiger partial charge on any atom is -0.508 e. The smallest absolute Gasteiger partial charge is 0.251 e. The van der Waals surface area contributed by atoms with Crippen LogP contribution in [0.1, 0.15) is 22.3 Å². The highest BCUT2D eigenvalue weighted by Crippen LogP contribution is 2.26. The predicted octanol–water partition coefficient (Wildman–Crippen LogP) is 2.14. The van der Waals surface area contributed by atoms with E-state index in [1.54, 1.807) is 24.3 Å². The van der Waals surface area contributed by atoms with Gasteiger partial charge in [-0.3, -0.25) is 14.4 Å². The first kappa shape index (κ1) is 20.5. The van der Waals surface area contributed by atoms with Gasteiger partial charge in [0.1, 0.15) is 17.8 Å². The second kappa shape index (κ2) is 8.16. The van der Waals surface area contributed by atoms with Crippen molar-refractivity contribution >= 4 is 40.9 Å². The third-order valence-electron chi connectivity index (χ3n) is 5.39. The van der Waals surface area contributed by atoms with E-state index in [0.717, 1.165) is 5.56 Å². The van der Waals surface area contributed by atoms with E-state index in [-0.39, 0.29) is 41.1 Å². The number of nitrogens with zero attached hydrogens (tertiary/aromatic N) is 1. The molecule has 30 heavy (non-hydrogen) atoms. The maximum absolute atomic E-state index is 12.9. The van der Waals surface area contributed by atoms with E-state index in [9.17, 15) is 19.5 Å². The van der Waals surface area contributed by atoms with Crippen molar-refractivity contribution in [2.45, 2.75) is 31.0 Å². The normalized spacial score (nSPS) is 23.1. The lowest BCUT2D eigenvalue weighted by Crippen LogP contribution is -2.61. The highest BCUT2D eigenvalue weighted by Gasteiger charge is 2.46. The largest absolute Gasteiger partial charge is 0.508 e.